The van der Waals surface area contributed by atoms with E-state index in [1.165, 1.54) is 0 Å². The molecule has 0 fully saturated rings. The topological polar surface area (TPSA) is 12.0 Å². The Morgan fingerprint density at radius 3 is 2.21 bits per heavy atom. The molecule has 1 N–H and O–H groups in total. The summed E-state index contributed by atoms with van der Waals surface area (Å²) in [6.07, 6.45) is -4.09. The summed E-state index contributed by atoms with van der Waals surface area (Å²) in [5.74, 6) is 1.58. The zero-order valence-electron chi connectivity index (χ0n) is 8.82. The van der Waals surface area contributed by atoms with Crippen LogP contribution in [-0.4, -0.2) is 30.3 Å². The van der Waals surface area contributed by atoms with Gasteiger partial charge in [0.15, 0.2) is 0 Å². The van der Waals surface area contributed by atoms with Crippen molar-refractivity contribution in [2.24, 2.45) is 5.92 Å². The van der Waals surface area contributed by atoms with Gasteiger partial charge in [-0.1, -0.05) is 20.8 Å². The van der Waals surface area contributed by atoms with E-state index < -0.39 is 12.7 Å². The van der Waals surface area contributed by atoms with Crippen molar-refractivity contribution < 1.29 is 13.2 Å². The normalized spacial score (nSPS) is 14.8. The van der Waals surface area contributed by atoms with E-state index in [2.05, 4.69) is 19.2 Å². The summed E-state index contributed by atoms with van der Waals surface area (Å²) in [5.41, 5.74) is 0. The molecule has 0 aromatic heterocycles. The Balaban J connectivity index is 3.40. The highest BCUT2D eigenvalue weighted by molar-refractivity contribution is 7.99. The molecule has 0 saturated heterocycles. The average molecular weight is 229 g/mol. The Morgan fingerprint density at radius 2 is 1.79 bits per heavy atom. The number of alkyl halides is 3. The third-order valence-corrected chi connectivity index (χ3v) is 3.07. The van der Waals surface area contributed by atoms with Gasteiger partial charge in [-0.15, -0.1) is 0 Å². The van der Waals surface area contributed by atoms with E-state index >= 15 is 0 Å². The second-order valence-corrected chi connectivity index (χ2v) is 5.26. The first-order valence-corrected chi connectivity index (χ1v) is 5.75. The lowest BCUT2D eigenvalue weighted by atomic mass is 10.3. The van der Waals surface area contributed by atoms with Gasteiger partial charge in [-0.3, -0.25) is 0 Å². The van der Waals surface area contributed by atoms with Crippen LogP contribution in [0.5, 0.6) is 0 Å². The number of hydrogen-bond acceptors (Lipinski definition) is 2. The zero-order chi connectivity index (χ0) is 11.2. The van der Waals surface area contributed by atoms with Crippen molar-refractivity contribution in [2.45, 2.75) is 32.2 Å². The monoisotopic (exact) mass is 229 g/mol. The summed E-state index contributed by atoms with van der Waals surface area (Å²) in [6.45, 7) is 5.67. The zero-order valence-corrected chi connectivity index (χ0v) is 9.63. The van der Waals surface area contributed by atoms with Gasteiger partial charge in [0.25, 0.3) is 0 Å². The van der Waals surface area contributed by atoms with Crippen molar-refractivity contribution in [3.05, 3.63) is 0 Å². The van der Waals surface area contributed by atoms with E-state index in [0.717, 1.165) is 5.75 Å². The van der Waals surface area contributed by atoms with Gasteiger partial charge in [0.2, 0.25) is 0 Å². The smallest absolute Gasteiger partial charge is 0.308 e. The van der Waals surface area contributed by atoms with Crippen molar-refractivity contribution in [1.29, 1.82) is 0 Å². The molecule has 0 radical (unpaired) electrons. The molecule has 0 heterocycles. The van der Waals surface area contributed by atoms with E-state index in [1.807, 2.05) is 6.92 Å². The first-order valence-electron chi connectivity index (χ1n) is 4.70. The third kappa shape index (κ3) is 10.2. The average Bonchev–Trinajstić information content (AvgIpc) is 1.98. The molecule has 0 rings (SSSR count). The number of hydrogen-bond donors (Lipinski definition) is 1. The number of rotatable bonds is 6. The summed E-state index contributed by atoms with van der Waals surface area (Å²) >= 11 is 1.71. The molecule has 1 atom stereocenters. The fourth-order valence-corrected chi connectivity index (χ4v) is 1.78. The van der Waals surface area contributed by atoms with Crippen LogP contribution in [0.25, 0.3) is 0 Å². The second kappa shape index (κ2) is 6.56. The van der Waals surface area contributed by atoms with Crippen LogP contribution in [0.15, 0.2) is 0 Å². The molecule has 0 bridgehead atoms. The Kier molecular flexibility index (Phi) is 6.61. The Hall–Kier alpha value is 0.100. The van der Waals surface area contributed by atoms with Gasteiger partial charge in [-0.25, -0.2) is 0 Å². The number of halogens is 3. The summed E-state index contributed by atoms with van der Waals surface area (Å²) in [4.78, 5) is 0. The van der Waals surface area contributed by atoms with Crippen LogP contribution in [0.2, 0.25) is 0 Å². The van der Waals surface area contributed by atoms with Crippen LogP contribution in [0, 0.1) is 5.92 Å². The van der Waals surface area contributed by atoms with Crippen molar-refractivity contribution in [3.63, 3.8) is 0 Å². The van der Waals surface area contributed by atoms with Gasteiger partial charge in [-0.05, 0) is 11.7 Å². The fourth-order valence-electron chi connectivity index (χ4n) is 0.833. The predicted octanol–water partition coefficient (Wildman–Crippen LogP) is 2.92. The highest BCUT2D eigenvalue weighted by Crippen LogP contribution is 2.15. The molecular weight excluding hydrogens is 211 g/mol. The molecule has 86 valence electrons. The standard InChI is InChI=1S/C9H18F3NS/c1-7(2)5-14-8(3)4-13-6-9(10,11)12/h7-8,13H,4-6H2,1-3H3. The lowest BCUT2D eigenvalue weighted by molar-refractivity contribution is -0.124. The van der Waals surface area contributed by atoms with Crippen molar-refractivity contribution in [2.75, 3.05) is 18.8 Å². The molecule has 14 heavy (non-hydrogen) atoms. The fraction of sp³-hybridized carbons (Fsp3) is 1.00. The van der Waals surface area contributed by atoms with Gasteiger partial charge in [0, 0.05) is 11.8 Å². The minimum Gasteiger partial charge on any atom is -0.308 e. The molecule has 0 amide bonds. The van der Waals surface area contributed by atoms with Gasteiger partial charge in [0.05, 0.1) is 6.54 Å². The first kappa shape index (κ1) is 14.1. The maximum absolute atomic E-state index is 11.8. The summed E-state index contributed by atoms with van der Waals surface area (Å²) in [7, 11) is 0. The van der Waals surface area contributed by atoms with Crippen LogP contribution >= 0.6 is 11.8 Å². The third-order valence-electron chi connectivity index (χ3n) is 1.47. The van der Waals surface area contributed by atoms with Crippen molar-refractivity contribution in [3.8, 4) is 0 Å². The van der Waals surface area contributed by atoms with Crippen molar-refractivity contribution in [1.82, 2.24) is 5.32 Å². The van der Waals surface area contributed by atoms with Gasteiger partial charge in [0.1, 0.15) is 0 Å². The van der Waals surface area contributed by atoms with Gasteiger partial charge >= 0.3 is 6.18 Å². The molecule has 0 aliphatic carbocycles. The van der Waals surface area contributed by atoms with Crippen LogP contribution < -0.4 is 5.32 Å². The maximum atomic E-state index is 11.8. The molecule has 0 aromatic carbocycles. The molecule has 1 unspecified atom stereocenters. The molecule has 0 aliphatic rings. The van der Waals surface area contributed by atoms with Crippen molar-refractivity contribution >= 4 is 11.8 Å². The van der Waals surface area contributed by atoms with Gasteiger partial charge < -0.3 is 5.32 Å². The highest BCUT2D eigenvalue weighted by atomic mass is 32.2. The lowest BCUT2D eigenvalue weighted by Crippen LogP contribution is -2.32. The van der Waals surface area contributed by atoms with E-state index in [0.29, 0.717) is 12.5 Å². The molecule has 0 aliphatic heterocycles. The Bertz CT molecular complexity index is 147. The summed E-state index contributed by atoms with van der Waals surface area (Å²) in [5, 5.41) is 2.64. The molecule has 5 heteroatoms. The maximum Gasteiger partial charge on any atom is 0.401 e. The molecular formula is C9H18F3NS. The van der Waals surface area contributed by atoms with Gasteiger partial charge in [-0.2, -0.15) is 24.9 Å². The predicted molar refractivity (Wildman–Crippen MR) is 55.7 cm³/mol. The van der Waals surface area contributed by atoms with Crippen LogP contribution in [-0.2, 0) is 0 Å². The summed E-state index contributed by atoms with van der Waals surface area (Å²) < 4.78 is 35.3. The number of nitrogens with one attached hydrogen (secondary N) is 1. The molecule has 0 aromatic rings. The quantitative estimate of drug-likeness (QED) is 0.751. The van der Waals surface area contributed by atoms with Crippen LogP contribution in [0.3, 0.4) is 0 Å². The first-order chi connectivity index (χ1) is 6.31. The van der Waals surface area contributed by atoms with E-state index in [9.17, 15) is 13.2 Å². The molecule has 1 nitrogen and oxygen atoms in total. The Morgan fingerprint density at radius 1 is 1.21 bits per heavy atom. The highest BCUT2D eigenvalue weighted by Gasteiger charge is 2.26. The minimum absolute atomic E-state index is 0.236. The van der Waals surface area contributed by atoms with E-state index in [-0.39, 0.29) is 5.25 Å². The molecule has 0 saturated carbocycles. The molecule has 0 spiro atoms. The minimum atomic E-state index is -4.09. The van der Waals surface area contributed by atoms with E-state index in [1.54, 1.807) is 11.8 Å². The van der Waals surface area contributed by atoms with Crippen LogP contribution in [0.1, 0.15) is 20.8 Å². The van der Waals surface area contributed by atoms with E-state index in [4.69, 9.17) is 0 Å². The second-order valence-electron chi connectivity index (χ2n) is 3.78. The summed E-state index contributed by atoms with van der Waals surface area (Å²) in [6, 6.07) is 0. The largest absolute Gasteiger partial charge is 0.401 e. The SMILES string of the molecule is CC(C)CSC(C)CNCC(F)(F)F. The lowest BCUT2D eigenvalue weighted by Gasteiger charge is -2.14. The Labute approximate surface area is 87.8 Å². The van der Waals surface area contributed by atoms with Crippen LogP contribution in [0.4, 0.5) is 13.2 Å². The number of thioether (sulfide) groups is 1.